The third-order valence-electron chi connectivity index (χ3n) is 3.67. The third kappa shape index (κ3) is 4.56. The number of fused-ring (bicyclic) bond motifs is 1. The Balaban J connectivity index is 1.46. The number of hydrogen-bond donors (Lipinski definition) is 2. The molecule has 1 aromatic heterocycles. The van der Waals surface area contributed by atoms with Crippen molar-refractivity contribution in [2.24, 2.45) is 12.0 Å². The number of benzene rings is 1. The normalized spacial score (nSPS) is 13.0. The Morgan fingerprint density at radius 2 is 2.16 bits per heavy atom. The lowest BCUT2D eigenvalue weighted by atomic mass is 10.3. The van der Waals surface area contributed by atoms with E-state index in [-0.39, 0.29) is 6.79 Å². The molecule has 1 aliphatic heterocycles. The van der Waals surface area contributed by atoms with Crippen LogP contribution in [0.1, 0.15) is 12.6 Å². The van der Waals surface area contributed by atoms with Crippen LogP contribution in [0.2, 0.25) is 0 Å². The summed E-state index contributed by atoms with van der Waals surface area (Å²) in [6, 6.07) is 7.51. The van der Waals surface area contributed by atoms with E-state index in [1.807, 2.05) is 42.9 Å². The largest absolute Gasteiger partial charge is 0.492 e. The van der Waals surface area contributed by atoms with Crippen LogP contribution >= 0.6 is 0 Å². The average Bonchev–Trinajstić information content (AvgIpc) is 3.24. The van der Waals surface area contributed by atoms with Gasteiger partial charge in [-0.1, -0.05) is 0 Å². The molecule has 0 saturated heterocycles. The van der Waals surface area contributed by atoms with Crippen molar-refractivity contribution in [2.45, 2.75) is 13.5 Å². The molecule has 0 spiro atoms. The van der Waals surface area contributed by atoms with E-state index in [1.54, 1.807) is 6.20 Å². The Hall–Kier alpha value is -2.90. The number of guanidine groups is 1. The summed E-state index contributed by atoms with van der Waals surface area (Å²) in [6.07, 6.45) is 1.77. The molecule has 2 aromatic rings. The van der Waals surface area contributed by atoms with Crippen LogP contribution in [0.25, 0.3) is 0 Å². The van der Waals surface area contributed by atoms with Crippen LogP contribution in [0.5, 0.6) is 17.2 Å². The first-order valence-corrected chi connectivity index (χ1v) is 8.28. The van der Waals surface area contributed by atoms with Gasteiger partial charge in [-0.05, 0) is 25.1 Å². The second-order valence-corrected chi connectivity index (χ2v) is 5.43. The van der Waals surface area contributed by atoms with E-state index >= 15 is 0 Å². The van der Waals surface area contributed by atoms with Gasteiger partial charge in [0.1, 0.15) is 12.4 Å². The minimum atomic E-state index is 0.263. The molecule has 2 heterocycles. The lowest BCUT2D eigenvalue weighted by Gasteiger charge is -2.12. The van der Waals surface area contributed by atoms with Gasteiger partial charge in [-0.15, -0.1) is 0 Å². The molecule has 0 fully saturated rings. The Morgan fingerprint density at radius 1 is 1.28 bits per heavy atom. The highest BCUT2D eigenvalue weighted by atomic mass is 16.7. The molecule has 2 N–H and O–H groups in total. The maximum absolute atomic E-state index is 5.73. The molecular weight excluding hydrogens is 322 g/mol. The Morgan fingerprint density at radius 3 is 2.96 bits per heavy atom. The summed E-state index contributed by atoms with van der Waals surface area (Å²) in [5.41, 5.74) is 1.05. The van der Waals surface area contributed by atoms with Crippen LogP contribution in [0.3, 0.4) is 0 Å². The van der Waals surface area contributed by atoms with Gasteiger partial charge in [0, 0.05) is 25.9 Å². The van der Waals surface area contributed by atoms with E-state index in [1.165, 1.54) is 0 Å². The number of ether oxygens (including phenoxy) is 3. The van der Waals surface area contributed by atoms with Crippen molar-refractivity contribution in [1.29, 1.82) is 0 Å². The van der Waals surface area contributed by atoms with Gasteiger partial charge in [-0.2, -0.15) is 5.10 Å². The van der Waals surface area contributed by atoms with E-state index in [0.29, 0.717) is 19.7 Å². The lowest BCUT2D eigenvalue weighted by molar-refractivity contribution is 0.173. The molecule has 0 unspecified atom stereocenters. The molecule has 1 aliphatic rings. The molecule has 1 aromatic carbocycles. The van der Waals surface area contributed by atoms with Crippen molar-refractivity contribution in [3.05, 3.63) is 36.2 Å². The number of nitrogens with one attached hydrogen (secondary N) is 2. The first-order valence-electron chi connectivity index (χ1n) is 8.28. The number of nitrogens with zero attached hydrogens (tertiary/aromatic N) is 3. The zero-order chi connectivity index (χ0) is 17.5. The second kappa shape index (κ2) is 8.27. The summed E-state index contributed by atoms with van der Waals surface area (Å²) in [5.74, 6) is 2.97. The summed E-state index contributed by atoms with van der Waals surface area (Å²) in [6.45, 7) is 4.79. The Bertz CT molecular complexity index is 729. The van der Waals surface area contributed by atoms with Crippen molar-refractivity contribution in [2.75, 3.05) is 26.5 Å². The quantitative estimate of drug-likeness (QED) is 0.447. The summed E-state index contributed by atoms with van der Waals surface area (Å²) in [4.78, 5) is 4.55. The average molecular weight is 345 g/mol. The number of hydrogen-bond acceptors (Lipinski definition) is 5. The molecule has 25 heavy (non-hydrogen) atoms. The van der Waals surface area contributed by atoms with Gasteiger partial charge in [0.05, 0.1) is 18.8 Å². The monoisotopic (exact) mass is 345 g/mol. The summed E-state index contributed by atoms with van der Waals surface area (Å²) >= 11 is 0. The molecule has 0 atom stereocenters. The Labute approximate surface area is 146 Å². The first-order chi connectivity index (χ1) is 12.3. The molecule has 8 heteroatoms. The van der Waals surface area contributed by atoms with Gasteiger partial charge >= 0.3 is 0 Å². The van der Waals surface area contributed by atoms with Gasteiger partial charge in [0.25, 0.3) is 0 Å². The highest BCUT2D eigenvalue weighted by Crippen LogP contribution is 2.34. The van der Waals surface area contributed by atoms with Gasteiger partial charge < -0.3 is 24.8 Å². The number of aliphatic imine (C=N–C) groups is 1. The van der Waals surface area contributed by atoms with Crippen LogP contribution in [0, 0.1) is 0 Å². The molecule has 0 amide bonds. The van der Waals surface area contributed by atoms with E-state index < -0.39 is 0 Å². The fraction of sp³-hybridized carbons (Fsp3) is 0.412. The minimum absolute atomic E-state index is 0.263. The van der Waals surface area contributed by atoms with Gasteiger partial charge in [-0.25, -0.2) is 4.99 Å². The zero-order valence-corrected chi connectivity index (χ0v) is 14.5. The van der Waals surface area contributed by atoms with Crippen LogP contribution in [0.15, 0.2) is 35.5 Å². The predicted octanol–water partition coefficient (Wildman–Crippen LogP) is 1.28. The Kier molecular flexibility index (Phi) is 5.61. The van der Waals surface area contributed by atoms with Gasteiger partial charge in [0.2, 0.25) is 6.79 Å². The highest BCUT2D eigenvalue weighted by molar-refractivity contribution is 5.79. The molecule has 0 radical (unpaired) electrons. The summed E-state index contributed by atoms with van der Waals surface area (Å²) in [7, 11) is 1.91. The first kappa shape index (κ1) is 16.9. The minimum Gasteiger partial charge on any atom is -0.492 e. The second-order valence-electron chi connectivity index (χ2n) is 5.43. The third-order valence-corrected chi connectivity index (χ3v) is 3.67. The van der Waals surface area contributed by atoms with E-state index in [4.69, 9.17) is 14.2 Å². The van der Waals surface area contributed by atoms with Crippen molar-refractivity contribution >= 4 is 5.96 Å². The van der Waals surface area contributed by atoms with E-state index in [9.17, 15) is 0 Å². The number of rotatable bonds is 7. The van der Waals surface area contributed by atoms with E-state index in [0.717, 1.165) is 35.4 Å². The van der Waals surface area contributed by atoms with E-state index in [2.05, 4.69) is 20.7 Å². The molecule has 0 saturated carbocycles. The molecule has 134 valence electrons. The van der Waals surface area contributed by atoms with Crippen LogP contribution in [0.4, 0.5) is 0 Å². The number of aryl methyl sites for hydroxylation is 1. The van der Waals surface area contributed by atoms with Crippen molar-refractivity contribution in [1.82, 2.24) is 20.4 Å². The summed E-state index contributed by atoms with van der Waals surface area (Å²) in [5, 5.41) is 10.6. The maximum Gasteiger partial charge on any atom is 0.231 e. The summed E-state index contributed by atoms with van der Waals surface area (Å²) < 4.78 is 18.2. The van der Waals surface area contributed by atoms with Crippen LogP contribution < -0.4 is 24.8 Å². The molecule has 8 nitrogen and oxygen atoms in total. The van der Waals surface area contributed by atoms with Crippen molar-refractivity contribution in [3.8, 4) is 17.2 Å². The highest BCUT2D eigenvalue weighted by Gasteiger charge is 2.13. The standard InChI is InChI=1S/C17H23N5O3/c1-3-18-17(20-11-13-6-7-21-22(13)2)19-8-9-23-14-4-5-15-16(10-14)25-12-24-15/h4-7,10H,3,8-9,11-12H2,1-2H3,(H2,18,19,20). The molecule has 3 rings (SSSR count). The molecule has 0 bridgehead atoms. The zero-order valence-electron chi connectivity index (χ0n) is 14.5. The van der Waals surface area contributed by atoms with Crippen LogP contribution in [-0.2, 0) is 13.6 Å². The maximum atomic E-state index is 5.73. The number of aromatic nitrogens is 2. The van der Waals surface area contributed by atoms with Gasteiger partial charge in [-0.3, -0.25) is 4.68 Å². The SMILES string of the molecule is CCNC(=NCc1ccnn1C)NCCOc1ccc2c(c1)OCO2. The molecule has 0 aliphatic carbocycles. The predicted molar refractivity (Wildman–Crippen MR) is 94.1 cm³/mol. The lowest BCUT2D eigenvalue weighted by Crippen LogP contribution is -2.39. The topological polar surface area (TPSA) is 81.9 Å². The smallest absolute Gasteiger partial charge is 0.231 e. The molecular formula is C17H23N5O3. The fourth-order valence-corrected chi connectivity index (χ4v) is 2.36. The fourth-order valence-electron chi connectivity index (χ4n) is 2.36. The van der Waals surface area contributed by atoms with Gasteiger partial charge in [0.15, 0.2) is 17.5 Å². The van der Waals surface area contributed by atoms with Crippen molar-refractivity contribution in [3.63, 3.8) is 0 Å². The van der Waals surface area contributed by atoms with Crippen molar-refractivity contribution < 1.29 is 14.2 Å². The van der Waals surface area contributed by atoms with Crippen LogP contribution in [-0.4, -0.2) is 42.2 Å².